The number of nitrogens with zero attached hydrogens (tertiary/aromatic N) is 2. The second-order valence-electron chi connectivity index (χ2n) is 5.55. The van der Waals surface area contributed by atoms with Gasteiger partial charge in [-0.3, -0.25) is 9.51 Å². The monoisotopic (exact) mass is 394 g/mol. The number of ether oxygens (including phenoxy) is 1. The van der Waals surface area contributed by atoms with E-state index in [9.17, 15) is 19.9 Å². The van der Waals surface area contributed by atoms with Crippen LogP contribution in [0.4, 0.5) is 0 Å². The number of rotatable bonds is 8. The molecule has 144 valence electrons. The molecule has 0 bridgehead atoms. The van der Waals surface area contributed by atoms with Crippen molar-refractivity contribution in [3.8, 4) is 17.2 Å². The molecule has 1 aromatic heterocycles. The smallest absolute Gasteiger partial charge is 0.395 e. The van der Waals surface area contributed by atoms with Gasteiger partial charge in [0.25, 0.3) is 0 Å². The van der Waals surface area contributed by atoms with Crippen LogP contribution in [-0.4, -0.2) is 32.3 Å². The molecule has 1 heterocycles. The highest BCUT2D eigenvalue weighted by molar-refractivity contribution is 7.34. The zero-order valence-electron chi connectivity index (χ0n) is 14.7. The maximum Gasteiger partial charge on any atom is 0.395 e. The van der Waals surface area contributed by atoms with E-state index in [-0.39, 0.29) is 30.5 Å². The Morgan fingerprint density at radius 2 is 2.04 bits per heavy atom. The Bertz CT molecular complexity index is 857. The molecule has 0 aliphatic heterocycles. The van der Waals surface area contributed by atoms with Gasteiger partial charge in [-0.1, -0.05) is 16.9 Å². The Labute approximate surface area is 156 Å². The van der Waals surface area contributed by atoms with Crippen LogP contribution in [0.25, 0.3) is 0 Å². The van der Waals surface area contributed by atoms with Crippen molar-refractivity contribution in [3.63, 3.8) is 0 Å². The molecule has 0 aliphatic rings. The van der Waals surface area contributed by atoms with Gasteiger partial charge in [0, 0.05) is 17.3 Å². The third kappa shape index (κ3) is 5.37. The van der Waals surface area contributed by atoms with Gasteiger partial charge in [0.15, 0.2) is 11.8 Å². The fraction of sp³-hybridized carbons (Fsp3) is 0.294. The van der Waals surface area contributed by atoms with E-state index in [1.54, 1.807) is 25.1 Å². The predicted octanol–water partition coefficient (Wildman–Crippen LogP) is 1.87. The molecule has 0 aliphatic carbocycles. The molecule has 0 saturated heterocycles. The zero-order chi connectivity index (χ0) is 20.0. The van der Waals surface area contributed by atoms with E-state index in [1.807, 2.05) is 0 Å². The molecule has 2 atom stereocenters. The first kappa shape index (κ1) is 20.6. The lowest BCUT2D eigenvalue weighted by Crippen LogP contribution is -2.13. The van der Waals surface area contributed by atoms with Gasteiger partial charge in [-0.25, -0.2) is 4.79 Å². The molecule has 9 nitrogen and oxygen atoms in total. The van der Waals surface area contributed by atoms with Gasteiger partial charge in [-0.2, -0.15) is 0 Å². The summed E-state index contributed by atoms with van der Waals surface area (Å²) < 4.78 is 14.4. The average Bonchev–Trinajstić information content (AvgIpc) is 2.63. The van der Waals surface area contributed by atoms with Gasteiger partial charge in [0.1, 0.15) is 12.4 Å². The highest BCUT2D eigenvalue weighted by Gasteiger charge is 2.18. The van der Waals surface area contributed by atoms with Gasteiger partial charge in [0.05, 0.1) is 12.3 Å². The predicted molar refractivity (Wildman–Crippen MR) is 94.4 cm³/mol. The van der Waals surface area contributed by atoms with Crippen molar-refractivity contribution in [2.45, 2.75) is 33.1 Å². The van der Waals surface area contributed by atoms with Crippen molar-refractivity contribution in [1.29, 1.82) is 0 Å². The second-order valence-corrected chi connectivity index (χ2v) is 6.44. The number of benzene rings is 1. The molecule has 2 unspecified atom stereocenters. The minimum absolute atomic E-state index is 0.0312. The Hall–Kier alpha value is -2.74. The third-order valence-electron chi connectivity index (χ3n) is 3.62. The summed E-state index contributed by atoms with van der Waals surface area (Å²) in [6.07, 6.45) is 1.48. The number of hydrogen-bond acceptors (Lipinski definition) is 8. The molecular weight excluding hydrogens is 375 g/mol. The van der Waals surface area contributed by atoms with E-state index < -0.39 is 20.2 Å². The van der Waals surface area contributed by atoms with Crippen LogP contribution >= 0.6 is 8.17 Å². The van der Waals surface area contributed by atoms with E-state index in [0.717, 1.165) is 0 Å². The first-order chi connectivity index (χ1) is 12.8. The average molecular weight is 394 g/mol. The van der Waals surface area contributed by atoms with Crippen LogP contribution in [0.5, 0.6) is 17.2 Å². The molecule has 2 rings (SSSR count). The summed E-state index contributed by atoms with van der Waals surface area (Å²) in [5.74, 6) is -0.958. The number of hydrogen-bond donors (Lipinski definition) is 3. The summed E-state index contributed by atoms with van der Waals surface area (Å²) in [7, 11) is -2.61. The fourth-order valence-corrected chi connectivity index (χ4v) is 2.83. The number of aliphatic carboxylic acids is 1. The summed E-state index contributed by atoms with van der Waals surface area (Å²) in [6, 6.07) is 5.20. The molecule has 0 fully saturated rings. The fourth-order valence-electron chi connectivity index (χ4n) is 2.08. The Kier molecular flexibility index (Phi) is 7.06. The lowest BCUT2D eigenvalue weighted by molar-refractivity contribution is -0.169. The quantitative estimate of drug-likeness (QED) is 0.576. The summed E-state index contributed by atoms with van der Waals surface area (Å²) in [6.45, 7) is 2.48. The van der Waals surface area contributed by atoms with Gasteiger partial charge >= 0.3 is 14.1 Å². The highest BCUT2D eigenvalue weighted by atomic mass is 31.1. The first-order valence-corrected chi connectivity index (χ1v) is 9.04. The van der Waals surface area contributed by atoms with Crippen LogP contribution in [0, 0.1) is 6.92 Å². The first-order valence-electron chi connectivity index (χ1n) is 7.91. The molecule has 2 aromatic rings. The Morgan fingerprint density at radius 1 is 1.37 bits per heavy atom. The SMILES string of the molecule is Cc1ncc(COc2ccccc2O/[P+]([O-])=N/C(C)C(=O)O)c(CO)c1O. The number of aromatic nitrogens is 1. The van der Waals surface area contributed by atoms with Crippen LogP contribution in [0.15, 0.2) is 35.2 Å². The van der Waals surface area contributed by atoms with Gasteiger partial charge < -0.3 is 24.9 Å². The Morgan fingerprint density at radius 3 is 2.67 bits per heavy atom. The normalized spacial score (nSPS) is 12.5. The van der Waals surface area contributed by atoms with Crippen molar-refractivity contribution in [1.82, 2.24) is 4.98 Å². The number of pyridine rings is 1. The van der Waals surface area contributed by atoms with E-state index in [2.05, 4.69) is 9.73 Å². The minimum atomic E-state index is -2.61. The lowest BCUT2D eigenvalue weighted by atomic mass is 10.1. The topological polar surface area (TPSA) is 145 Å². The standard InChI is InChI=1S/C17H19N2O7P/c1-10-16(21)13(8-20)12(7-18-10)9-25-14-5-3-4-6-15(14)26-27(24)19-11(2)17(22)23/h3-7,11,20-21H,8-9H2,1-2H3,(H,22,23). The summed E-state index contributed by atoms with van der Waals surface area (Å²) >= 11 is 0. The largest absolute Gasteiger partial charge is 0.575 e. The minimum Gasteiger partial charge on any atom is -0.575 e. The zero-order valence-corrected chi connectivity index (χ0v) is 15.6. The number of carboxylic acid groups (broad SMARTS) is 1. The van der Waals surface area contributed by atoms with Crippen molar-refractivity contribution in [3.05, 3.63) is 47.3 Å². The number of carbonyl (C=O) groups is 1. The number of aryl methyl sites for hydroxylation is 1. The van der Waals surface area contributed by atoms with Gasteiger partial charge in [-0.05, 0) is 26.0 Å². The molecule has 0 radical (unpaired) electrons. The van der Waals surface area contributed by atoms with E-state index in [1.165, 1.54) is 19.2 Å². The second kappa shape index (κ2) is 9.27. The van der Waals surface area contributed by atoms with Crippen molar-refractivity contribution >= 4 is 14.1 Å². The van der Waals surface area contributed by atoms with Gasteiger partial charge in [0.2, 0.25) is 5.75 Å². The number of carboxylic acids is 1. The Balaban J connectivity index is 2.17. The molecule has 1 aromatic carbocycles. The van der Waals surface area contributed by atoms with Crippen LogP contribution in [-0.2, 0) is 18.0 Å². The number of aliphatic hydroxyl groups is 1. The molecule has 10 heteroatoms. The molecule has 0 spiro atoms. The molecule has 0 amide bonds. The lowest BCUT2D eigenvalue weighted by Gasteiger charge is -2.13. The van der Waals surface area contributed by atoms with Crippen LogP contribution in [0.1, 0.15) is 23.7 Å². The van der Waals surface area contributed by atoms with Crippen LogP contribution in [0.2, 0.25) is 0 Å². The summed E-state index contributed by atoms with van der Waals surface area (Å²) in [4.78, 5) is 26.7. The molecular formula is C17H19N2O7P. The van der Waals surface area contributed by atoms with E-state index >= 15 is 0 Å². The van der Waals surface area contributed by atoms with Crippen molar-refractivity contribution in [2.24, 2.45) is 4.74 Å². The highest BCUT2D eigenvalue weighted by Crippen LogP contribution is 2.34. The molecule has 0 saturated carbocycles. The van der Waals surface area contributed by atoms with Crippen molar-refractivity contribution < 1.29 is 34.3 Å². The van der Waals surface area contributed by atoms with E-state index in [0.29, 0.717) is 16.8 Å². The maximum atomic E-state index is 11.9. The van der Waals surface area contributed by atoms with E-state index in [4.69, 9.17) is 14.4 Å². The number of aliphatic hydroxyl groups excluding tert-OH is 1. The number of para-hydroxylation sites is 2. The third-order valence-corrected chi connectivity index (χ3v) is 4.51. The molecule has 27 heavy (non-hydrogen) atoms. The summed E-state index contributed by atoms with van der Waals surface area (Å²) in [5, 5.41) is 28.2. The maximum absolute atomic E-state index is 11.9. The summed E-state index contributed by atoms with van der Waals surface area (Å²) in [5.41, 5.74) is 1.17. The number of aromatic hydroxyl groups is 1. The molecule has 3 N–H and O–H groups in total. The van der Waals surface area contributed by atoms with Gasteiger partial charge in [-0.15, -0.1) is 0 Å². The van der Waals surface area contributed by atoms with Crippen LogP contribution < -0.4 is 14.2 Å². The van der Waals surface area contributed by atoms with Crippen LogP contribution in [0.3, 0.4) is 0 Å². The van der Waals surface area contributed by atoms with Crippen molar-refractivity contribution in [2.75, 3.05) is 0 Å².